The van der Waals surface area contributed by atoms with E-state index in [1.54, 1.807) is 0 Å². The van der Waals surface area contributed by atoms with Crippen LogP contribution in [0.3, 0.4) is 0 Å². The molecule has 0 spiro atoms. The lowest BCUT2D eigenvalue weighted by atomic mass is 9.78. The summed E-state index contributed by atoms with van der Waals surface area (Å²) in [4.78, 5) is 2.64. The number of benzene rings is 1. The maximum atomic E-state index is 6.73. The number of hydrogen-bond donors (Lipinski definition) is 1. The van der Waals surface area contributed by atoms with E-state index in [0.717, 1.165) is 12.8 Å². The van der Waals surface area contributed by atoms with Gasteiger partial charge in [0.15, 0.2) is 0 Å². The third-order valence-corrected chi connectivity index (χ3v) is 5.06. The first-order valence-electron chi connectivity index (χ1n) is 7.72. The molecule has 2 rings (SSSR count). The summed E-state index contributed by atoms with van der Waals surface area (Å²) < 4.78 is 0. The quantitative estimate of drug-likeness (QED) is 0.875. The van der Waals surface area contributed by atoms with E-state index in [1.807, 2.05) is 0 Å². The molecule has 2 heteroatoms. The summed E-state index contributed by atoms with van der Waals surface area (Å²) in [5.41, 5.74) is 9.50. The minimum atomic E-state index is 0.113. The summed E-state index contributed by atoms with van der Waals surface area (Å²) in [7, 11) is 0. The Bertz CT molecular complexity index is 403. The van der Waals surface area contributed by atoms with E-state index in [4.69, 9.17) is 5.73 Å². The van der Waals surface area contributed by atoms with Gasteiger partial charge in [0, 0.05) is 11.6 Å². The Hall–Kier alpha value is -0.860. The highest BCUT2D eigenvalue weighted by atomic mass is 15.2. The fourth-order valence-corrected chi connectivity index (χ4v) is 3.72. The molecule has 19 heavy (non-hydrogen) atoms. The Kier molecular flexibility index (Phi) is 4.64. The van der Waals surface area contributed by atoms with Gasteiger partial charge < -0.3 is 5.73 Å². The molecule has 0 aliphatic carbocycles. The summed E-state index contributed by atoms with van der Waals surface area (Å²) in [5.74, 6) is 0. The lowest BCUT2D eigenvalue weighted by molar-refractivity contribution is 0.0764. The molecule has 2 N–H and O–H groups in total. The second kappa shape index (κ2) is 6.06. The van der Waals surface area contributed by atoms with E-state index in [0.29, 0.717) is 0 Å². The van der Waals surface area contributed by atoms with Crippen LogP contribution >= 0.6 is 0 Å². The van der Waals surface area contributed by atoms with Gasteiger partial charge in [0.1, 0.15) is 0 Å². The fraction of sp³-hybridized carbons (Fsp3) is 0.647. The smallest absolute Gasteiger partial charge is 0.0484 e. The van der Waals surface area contributed by atoms with Gasteiger partial charge in [-0.1, -0.05) is 38.1 Å². The van der Waals surface area contributed by atoms with Crippen LogP contribution in [0, 0.1) is 6.92 Å². The van der Waals surface area contributed by atoms with Crippen LogP contribution < -0.4 is 5.73 Å². The molecule has 1 aliphatic rings. The molecule has 1 atom stereocenters. The normalized spacial score (nSPS) is 18.7. The van der Waals surface area contributed by atoms with E-state index in [-0.39, 0.29) is 11.6 Å². The van der Waals surface area contributed by atoms with Gasteiger partial charge in [0.2, 0.25) is 0 Å². The predicted octanol–water partition coefficient (Wildman–Crippen LogP) is 3.65. The molecular formula is C17H28N2. The Morgan fingerprint density at radius 2 is 1.74 bits per heavy atom. The molecule has 1 aromatic carbocycles. The van der Waals surface area contributed by atoms with Crippen molar-refractivity contribution in [2.24, 2.45) is 5.73 Å². The maximum Gasteiger partial charge on any atom is 0.0484 e. The maximum absolute atomic E-state index is 6.73. The highest BCUT2D eigenvalue weighted by Gasteiger charge is 2.41. The van der Waals surface area contributed by atoms with Crippen molar-refractivity contribution in [3.63, 3.8) is 0 Å². The Balaban J connectivity index is 2.35. The van der Waals surface area contributed by atoms with Crippen LogP contribution in [0.2, 0.25) is 0 Å². The summed E-state index contributed by atoms with van der Waals surface area (Å²) in [5, 5.41) is 0. The lowest BCUT2D eigenvalue weighted by Crippen LogP contribution is -2.53. The number of nitrogens with two attached hydrogens (primary N) is 1. The minimum Gasteiger partial charge on any atom is -0.322 e. The third kappa shape index (κ3) is 2.56. The molecule has 1 fully saturated rings. The van der Waals surface area contributed by atoms with Gasteiger partial charge in [0.25, 0.3) is 0 Å². The summed E-state index contributed by atoms with van der Waals surface area (Å²) >= 11 is 0. The van der Waals surface area contributed by atoms with Crippen molar-refractivity contribution >= 4 is 0 Å². The van der Waals surface area contributed by atoms with Crippen molar-refractivity contribution in [3.05, 3.63) is 35.4 Å². The third-order valence-electron chi connectivity index (χ3n) is 5.06. The van der Waals surface area contributed by atoms with Crippen LogP contribution in [0.1, 0.15) is 56.7 Å². The van der Waals surface area contributed by atoms with Gasteiger partial charge in [-0.25, -0.2) is 0 Å². The van der Waals surface area contributed by atoms with E-state index >= 15 is 0 Å². The number of aryl methyl sites for hydroxylation is 1. The minimum absolute atomic E-state index is 0.113. The van der Waals surface area contributed by atoms with E-state index in [1.165, 1.54) is 37.1 Å². The molecule has 1 aliphatic heterocycles. The monoisotopic (exact) mass is 260 g/mol. The van der Waals surface area contributed by atoms with Crippen LogP contribution in [-0.4, -0.2) is 23.5 Å². The van der Waals surface area contributed by atoms with Gasteiger partial charge in [-0.2, -0.15) is 0 Å². The van der Waals surface area contributed by atoms with Crippen molar-refractivity contribution < 1.29 is 0 Å². The zero-order valence-corrected chi connectivity index (χ0v) is 12.7. The van der Waals surface area contributed by atoms with E-state index < -0.39 is 0 Å². The van der Waals surface area contributed by atoms with Gasteiger partial charge in [-0.15, -0.1) is 0 Å². The Morgan fingerprint density at radius 3 is 2.26 bits per heavy atom. The van der Waals surface area contributed by atoms with Crippen molar-refractivity contribution in [2.75, 3.05) is 13.1 Å². The molecular weight excluding hydrogens is 232 g/mol. The molecule has 0 aromatic heterocycles. The first-order valence-corrected chi connectivity index (χ1v) is 7.72. The predicted molar refractivity (Wildman–Crippen MR) is 82.2 cm³/mol. The highest BCUT2D eigenvalue weighted by Crippen LogP contribution is 2.38. The van der Waals surface area contributed by atoms with Crippen LogP contribution in [0.5, 0.6) is 0 Å². The van der Waals surface area contributed by atoms with Crippen LogP contribution in [0.15, 0.2) is 24.3 Å². The molecule has 106 valence electrons. The first-order chi connectivity index (χ1) is 9.15. The van der Waals surface area contributed by atoms with Crippen molar-refractivity contribution in [1.82, 2.24) is 4.90 Å². The van der Waals surface area contributed by atoms with Crippen LogP contribution in [0.25, 0.3) is 0 Å². The van der Waals surface area contributed by atoms with Gasteiger partial charge in [0.05, 0.1) is 0 Å². The number of hydrogen-bond acceptors (Lipinski definition) is 2. The molecule has 0 saturated carbocycles. The Morgan fingerprint density at radius 1 is 1.16 bits per heavy atom. The summed E-state index contributed by atoms with van der Waals surface area (Å²) in [6.07, 6.45) is 4.89. The van der Waals surface area contributed by atoms with Crippen molar-refractivity contribution in [2.45, 2.75) is 58.0 Å². The van der Waals surface area contributed by atoms with E-state index in [2.05, 4.69) is 49.9 Å². The number of nitrogens with zero attached hydrogens (tertiary/aromatic N) is 1. The van der Waals surface area contributed by atoms with Gasteiger partial charge in [-0.05, 0) is 56.8 Å². The van der Waals surface area contributed by atoms with Crippen LogP contribution in [-0.2, 0) is 0 Å². The zero-order chi connectivity index (χ0) is 13.9. The number of likely N-dealkylation sites (tertiary alicyclic amines) is 1. The lowest BCUT2D eigenvalue weighted by Gasteiger charge is -2.46. The fourth-order valence-electron chi connectivity index (χ4n) is 3.72. The molecule has 1 heterocycles. The molecule has 1 aromatic rings. The van der Waals surface area contributed by atoms with Gasteiger partial charge in [-0.3, -0.25) is 4.90 Å². The highest BCUT2D eigenvalue weighted by molar-refractivity contribution is 5.31. The Labute approximate surface area is 118 Å². The number of rotatable bonds is 5. The second-order valence-electron chi connectivity index (χ2n) is 5.84. The molecule has 0 bridgehead atoms. The SMILES string of the molecule is CCC(CC)(C(N)c1ccccc1C)N1CCCC1. The summed E-state index contributed by atoms with van der Waals surface area (Å²) in [6.45, 7) is 9.18. The summed E-state index contributed by atoms with van der Waals surface area (Å²) in [6, 6.07) is 8.70. The average molecular weight is 260 g/mol. The first kappa shape index (κ1) is 14.5. The standard InChI is InChI=1S/C17H28N2/c1-4-17(5-2,19-12-8-9-13-19)16(18)15-11-7-6-10-14(15)3/h6-7,10-11,16H,4-5,8-9,12-13,18H2,1-3H3. The molecule has 2 nitrogen and oxygen atoms in total. The van der Waals surface area contributed by atoms with Crippen molar-refractivity contribution in [3.8, 4) is 0 Å². The van der Waals surface area contributed by atoms with Crippen molar-refractivity contribution in [1.29, 1.82) is 0 Å². The second-order valence-corrected chi connectivity index (χ2v) is 5.84. The molecule has 1 unspecified atom stereocenters. The van der Waals surface area contributed by atoms with Gasteiger partial charge >= 0.3 is 0 Å². The van der Waals surface area contributed by atoms with E-state index in [9.17, 15) is 0 Å². The average Bonchev–Trinajstić information content (AvgIpc) is 2.96. The topological polar surface area (TPSA) is 29.3 Å². The molecule has 1 saturated heterocycles. The molecule has 0 amide bonds. The largest absolute Gasteiger partial charge is 0.322 e. The van der Waals surface area contributed by atoms with Crippen LogP contribution in [0.4, 0.5) is 0 Å². The zero-order valence-electron chi connectivity index (χ0n) is 12.7. The molecule has 0 radical (unpaired) electrons.